The SMILES string of the molecule is c1ccc2c(c1)SCC2CC1(CNC2CC2)CC2CC2C1. The van der Waals surface area contributed by atoms with Crippen molar-refractivity contribution in [3.63, 3.8) is 0 Å². The van der Waals surface area contributed by atoms with Crippen LogP contribution in [0.3, 0.4) is 0 Å². The smallest absolute Gasteiger partial charge is 0.0107 e. The van der Waals surface area contributed by atoms with Crippen molar-refractivity contribution in [2.45, 2.75) is 55.4 Å². The summed E-state index contributed by atoms with van der Waals surface area (Å²) in [5.74, 6) is 4.31. The molecule has 5 rings (SSSR count). The zero-order valence-electron chi connectivity index (χ0n) is 12.7. The van der Waals surface area contributed by atoms with E-state index < -0.39 is 0 Å². The average Bonchev–Trinajstić information content (AvgIpc) is 3.40. The molecular formula is C19H25NS. The number of thioether (sulfide) groups is 1. The van der Waals surface area contributed by atoms with Crippen molar-refractivity contribution in [1.29, 1.82) is 0 Å². The molecule has 1 N–H and O–H groups in total. The van der Waals surface area contributed by atoms with Crippen molar-refractivity contribution < 1.29 is 0 Å². The second-order valence-electron chi connectivity index (χ2n) is 8.07. The molecule has 1 nitrogen and oxygen atoms in total. The lowest BCUT2D eigenvalue weighted by Gasteiger charge is -2.34. The summed E-state index contributed by atoms with van der Waals surface area (Å²) in [7, 11) is 0. The molecule has 1 aliphatic heterocycles. The summed E-state index contributed by atoms with van der Waals surface area (Å²) in [6.07, 6.45) is 8.85. The molecule has 3 saturated carbocycles. The van der Waals surface area contributed by atoms with Gasteiger partial charge in [0.05, 0.1) is 0 Å². The van der Waals surface area contributed by atoms with Crippen LogP contribution in [0.5, 0.6) is 0 Å². The van der Waals surface area contributed by atoms with Crippen molar-refractivity contribution in [2.24, 2.45) is 17.3 Å². The van der Waals surface area contributed by atoms with E-state index >= 15 is 0 Å². The Morgan fingerprint density at radius 1 is 1.14 bits per heavy atom. The van der Waals surface area contributed by atoms with Crippen LogP contribution in [0.25, 0.3) is 0 Å². The highest BCUT2D eigenvalue weighted by molar-refractivity contribution is 7.99. The van der Waals surface area contributed by atoms with Gasteiger partial charge in [-0.1, -0.05) is 18.2 Å². The Kier molecular flexibility index (Phi) is 2.95. The molecule has 0 radical (unpaired) electrons. The monoisotopic (exact) mass is 299 g/mol. The summed E-state index contributed by atoms with van der Waals surface area (Å²) in [5, 5.41) is 3.87. The van der Waals surface area contributed by atoms with E-state index in [0.717, 1.165) is 23.8 Å². The van der Waals surface area contributed by atoms with Gasteiger partial charge in [-0.2, -0.15) is 0 Å². The Morgan fingerprint density at radius 3 is 2.76 bits per heavy atom. The van der Waals surface area contributed by atoms with Gasteiger partial charge in [0.25, 0.3) is 0 Å². The summed E-state index contributed by atoms with van der Waals surface area (Å²) in [4.78, 5) is 1.55. The molecule has 4 aliphatic rings. The van der Waals surface area contributed by atoms with E-state index in [1.54, 1.807) is 16.9 Å². The van der Waals surface area contributed by atoms with Gasteiger partial charge < -0.3 is 5.32 Å². The number of benzene rings is 1. The second kappa shape index (κ2) is 4.76. The standard InChI is InChI=1S/C19H25NS/c1-2-4-18-17(3-1)15(11-21-18)10-19(12-20-16-5-6-16)8-13-7-14(13)9-19/h1-4,13-16,20H,5-12H2. The largest absolute Gasteiger partial charge is 0.313 e. The minimum Gasteiger partial charge on any atom is -0.313 e. The van der Waals surface area contributed by atoms with Gasteiger partial charge in [0.2, 0.25) is 0 Å². The third kappa shape index (κ3) is 2.45. The first-order valence-electron chi connectivity index (χ1n) is 8.76. The Bertz CT molecular complexity index is 540. The maximum absolute atomic E-state index is 3.87. The van der Waals surface area contributed by atoms with Crippen LogP contribution >= 0.6 is 11.8 Å². The molecule has 1 aromatic rings. The van der Waals surface area contributed by atoms with E-state index in [4.69, 9.17) is 0 Å². The molecule has 21 heavy (non-hydrogen) atoms. The van der Waals surface area contributed by atoms with E-state index in [2.05, 4.69) is 41.3 Å². The summed E-state index contributed by atoms with van der Waals surface area (Å²) < 4.78 is 0. The molecule has 1 heterocycles. The maximum Gasteiger partial charge on any atom is 0.0107 e. The number of fused-ring (bicyclic) bond motifs is 2. The van der Waals surface area contributed by atoms with Crippen molar-refractivity contribution in [3.05, 3.63) is 29.8 Å². The van der Waals surface area contributed by atoms with Gasteiger partial charge in [-0.05, 0) is 73.3 Å². The topological polar surface area (TPSA) is 12.0 Å². The predicted molar refractivity (Wildman–Crippen MR) is 88.8 cm³/mol. The van der Waals surface area contributed by atoms with Crippen LogP contribution in [0.4, 0.5) is 0 Å². The molecule has 3 unspecified atom stereocenters. The third-order valence-corrected chi connectivity index (χ3v) is 7.53. The van der Waals surface area contributed by atoms with Gasteiger partial charge >= 0.3 is 0 Å². The molecule has 1 aromatic carbocycles. The lowest BCUT2D eigenvalue weighted by atomic mass is 9.74. The first kappa shape index (κ1) is 13.0. The van der Waals surface area contributed by atoms with Crippen LogP contribution in [-0.2, 0) is 0 Å². The second-order valence-corrected chi connectivity index (χ2v) is 9.13. The van der Waals surface area contributed by atoms with E-state index in [0.29, 0.717) is 5.41 Å². The minimum absolute atomic E-state index is 0.624. The number of hydrogen-bond acceptors (Lipinski definition) is 2. The lowest BCUT2D eigenvalue weighted by molar-refractivity contribution is 0.216. The Morgan fingerprint density at radius 2 is 1.95 bits per heavy atom. The van der Waals surface area contributed by atoms with Crippen LogP contribution < -0.4 is 5.32 Å². The zero-order valence-corrected chi connectivity index (χ0v) is 13.5. The first-order chi connectivity index (χ1) is 10.3. The van der Waals surface area contributed by atoms with Gasteiger partial charge in [0, 0.05) is 23.2 Å². The zero-order chi connectivity index (χ0) is 13.9. The van der Waals surface area contributed by atoms with Crippen LogP contribution in [0.2, 0.25) is 0 Å². The van der Waals surface area contributed by atoms with Crippen molar-refractivity contribution in [2.75, 3.05) is 12.3 Å². The Labute approximate surface area is 132 Å². The summed E-state index contributed by atoms with van der Waals surface area (Å²) in [6.45, 7) is 1.30. The fourth-order valence-electron chi connectivity index (χ4n) is 4.96. The molecule has 112 valence electrons. The first-order valence-corrected chi connectivity index (χ1v) is 9.75. The molecule has 3 fully saturated rings. The molecule has 0 amide bonds. The molecular weight excluding hydrogens is 274 g/mol. The normalized spacial score (nSPS) is 40.1. The van der Waals surface area contributed by atoms with Crippen LogP contribution in [0.1, 0.15) is 50.0 Å². The van der Waals surface area contributed by atoms with E-state index in [9.17, 15) is 0 Å². The minimum atomic E-state index is 0.624. The fraction of sp³-hybridized carbons (Fsp3) is 0.684. The van der Waals surface area contributed by atoms with Crippen LogP contribution in [-0.4, -0.2) is 18.3 Å². The van der Waals surface area contributed by atoms with E-state index in [1.807, 2.05) is 0 Å². The van der Waals surface area contributed by atoms with Crippen molar-refractivity contribution in [3.8, 4) is 0 Å². The highest BCUT2D eigenvalue weighted by atomic mass is 32.2. The molecule has 0 bridgehead atoms. The molecule has 3 aliphatic carbocycles. The summed E-state index contributed by atoms with van der Waals surface area (Å²) in [6, 6.07) is 10.0. The maximum atomic E-state index is 3.87. The van der Waals surface area contributed by atoms with Crippen LogP contribution in [0.15, 0.2) is 29.2 Å². The highest BCUT2D eigenvalue weighted by Crippen LogP contribution is 2.63. The Balaban J connectivity index is 1.34. The van der Waals surface area contributed by atoms with Gasteiger partial charge in [-0.3, -0.25) is 0 Å². The van der Waals surface area contributed by atoms with Crippen molar-refractivity contribution >= 4 is 11.8 Å². The highest BCUT2D eigenvalue weighted by Gasteiger charge is 2.54. The predicted octanol–water partition coefficient (Wildman–Crippen LogP) is 4.43. The van der Waals surface area contributed by atoms with E-state index in [1.165, 1.54) is 44.4 Å². The van der Waals surface area contributed by atoms with Gasteiger partial charge in [0.1, 0.15) is 0 Å². The van der Waals surface area contributed by atoms with Gasteiger partial charge in [0.15, 0.2) is 0 Å². The van der Waals surface area contributed by atoms with E-state index in [-0.39, 0.29) is 0 Å². The molecule has 0 spiro atoms. The molecule has 0 saturated heterocycles. The fourth-order valence-corrected chi connectivity index (χ4v) is 6.21. The number of hydrogen-bond donors (Lipinski definition) is 1. The Hall–Kier alpha value is -0.470. The van der Waals surface area contributed by atoms with Crippen molar-refractivity contribution in [1.82, 2.24) is 5.32 Å². The number of rotatable bonds is 5. The summed E-state index contributed by atoms with van der Waals surface area (Å²) >= 11 is 2.09. The molecule has 2 heteroatoms. The molecule has 3 atom stereocenters. The summed E-state index contributed by atoms with van der Waals surface area (Å²) in [5.41, 5.74) is 2.27. The lowest BCUT2D eigenvalue weighted by Crippen LogP contribution is -2.36. The average molecular weight is 299 g/mol. The third-order valence-electron chi connectivity index (χ3n) is 6.28. The number of nitrogens with one attached hydrogen (secondary N) is 1. The van der Waals surface area contributed by atoms with Gasteiger partial charge in [-0.15, -0.1) is 11.8 Å². The van der Waals surface area contributed by atoms with Crippen LogP contribution in [0, 0.1) is 17.3 Å². The molecule has 0 aromatic heterocycles. The quantitative estimate of drug-likeness (QED) is 0.863. The van der Waals surface area contributed by atoms with Gasteiger partial charge in [-0.25, -0.2) is 0 Å².